The van der Waals surface area contributed by atoms with E-state index in [1.54, 1.807) is 6.92 Å². The lowest BCUT2D eigenvalue weighted by atomic mass is 9.96. The number of carboxylic acid groups (broad SMARTS) is 3. The number of aliphatic hydroxyl groups excluding tert-OH is 2. The van der Waals surface area contributed by atoms with Crippen molar-refractivity contribution in [2.45, 2.75) is 38.0 Å². The summed E-state index contributed by atoms with van der Waals surface area (Å²) >= 11 is 0. The molecule has 0 radical (unpaired) electrons. The molecule has 0 fully saturated rings. The van der Waals surface area contributed by atoms with Crippen molar-refractivity contribution in [3.8, 4) is 11.1 Å². The molecule has 0 saturated carbocycles. The van der Waals surface area contributed by atoms with Crippen LogP contribution in [-0.2, 0) is 20.8 Å². The van der Waals surface area contributed by atoms with E-state index in [4.69, 9.17) is 31.3 Å². The SMILES string of the molecule is CC(CC(N)Cc1ccc(-c2ccccc2)cc1)C(=O)O.O=C(O)C(O)C(O)C(=O)O. The van der Waals surface area contributed by atoms with E-state index in [1.165, 1.54) is 11.1 Å². The van der Waals surface area contributed by atoms with Crippen LogP contribution >= 0.6 is 0 Å². The van der Waals surface area contributed by atoms with Gasteiger partial charge in [-0.25, -0.2) is 9.59 Å². The van der Waals surface area contributed by atoms with Crippen molar-refractivity contribution in [3.63, 3.8) is 0 Å². The Balaban J connectivity index is 0.000000407. The third-order valence-corrected chi connectivity index (χ3v) is 4.44. The molecule has 168 valence electrons. The first-order chi connectivity index (χ1) is 14.5. The molecule has 0 heterocycles. The quantitative estimate of drug-likeness (QED) is 0.339. The average molecular weight is 433 g/mol. The summed E-state index contributed by atoms with van der Waals surface area (Å²) in [4.78, 5) is 30.4. The van der Waals surface area contributed by atoms with Crippen molar-refractivity contribution in [3.05, 3.63) is 60.2 Å². The number of rotatable bonds is 9. The zero-order valence-corrected chi connectivity index (χ0v) is 17.0. The molecule has 0 aromatic heterocycles. The highest BCUT2D eigenvalue weighted by Gasteiger charge is 2.29. The molecular weight excluding hydrogens is 406 g/mol. The Labute approximate surface area is 179 Å². The first kappa shape index (κ1) is 25.8. The second-order valence-electron chi connectivity index (χ2n) is 7.07. The monoisotopic (exact) mass is 433 g/mol. The van der Waals surface area contributed by atoms with Gasteiger partial charge >= 0.3 is 17.9 Å². The minimum atomic E-state index is -2.27. The fraction of sp³-hybridized carbons (Fsp3) is 0.318. The first-order valence-electron chi connectivity index (χ1n) is 9.47. The minimum Gasteiger partial charge on any atom is -0.481 e. The molecule has 0 amide bonds. The maximum atomic E-state index is 10.8. The number of nitrogens with two attached hydrogens (primary N) is 1. The van der Waals surface area contributed by atoms with Crippen molar-refractivity contribution in [2.75, 3.05) is 0 Å². The summed E-state index contributed by atoms with van der Waals surface area (Å²) in [7, 11) is 0. The minimum absolute atomic E-state index is 0.126. The maximum absolute atomic E-state index is 10.8. The fourth-order valence-electron chi connectivity index (χ4n) is 2.68. The number of benzene rings is 2. The molecule has 0 spiro atoms. The van der Waals surface area contributed by atoms with Crippen molar-refractivity contribution in [2.24, 2.45) is 11.7 Å². The van der Waals surface area contributed by atoms with Gasteiger partial charge in [-0.2, -0.15) is 0 Å². The second-order valence-corrected chi connectivity index (χ2v) is 7.07. The van der Waals surface area contributed by atoms with E-state index >= 15 is 0 Å². The Bertz CT molecular complexity index is 836. The van der Waals surface area contributed by atoms with Gasteiger partial charge in [0.1, 0.15) is 0 Å². The molecular formula is C22H27NO8. The van der Waals surface area contributed by atoms with Crippen LogP contribution in [0.25, 0.3) is 11.1 Å². The highest BCUT2D eigenvalue weighted by molar-refractivity contribution is 5.83. The number of hydrogen-bond donors (Lipinski definition) is 6. The zero-order chi connectivity index (χ0) is 23.6. The Morgan fingerprint density at radius 2 is 1.23 bits per heavy atom. The summed E-state index contributed by atoms with van der Waals surface area (Å²) < 4.78 is 0. The normalized spacial score (nSPS) is 14.3. The predicted octanol–water partition coefficient (Wildman–Crippen LogP) is 1.21. The maximum Gasteiger partial charge on any atom is 0.335 e. The van der Waals surface area contributed by atoms with Gasteiger partial charge in [-0.3, -0.25) is 4.79 Å². The van der Waals surface area contributed by atoms with Crippen LogP contribution in [0.2, 0.25) is 0 Å². The number of hydrogen-bond acceptors (Lipinski definition) is 6. The van der Waals surface area contributed by atoms with Crippen LogP contribution in [0.3, 0.4) is 0 Å². The molecule has 0 bridgehead atoms. The predicted molar refractivity (Wildman–Crippen MR) is 112 cm³/mol. The van der Waals surface area contributed by atoms with E-state index in [1.807, 2.05) is 18.2 Å². The van der Waals surface area contributed by atoms with Gasteiger partial charge in [0.15, 0.2) is 12.2 Å². The van der Waals surface area contributed by atoms with Gasteiger partial charge in [-0.15, -0.1) is 0 Å². The van der Waals surface area contributed by atoms with E-state index in [9.17, 15) is 14.4 Å². The molecule has 2 rings (SSSR count). The smallest absolute Gasteiger partial charge is 0.335 e. The van der Waals surface area contributed by atoms with Crippen molar-refractivity contribution >= 4 is 17.9 Å². The molecule has 9 nitrogen and oxygen atoms in total. The molecule has 7 N–H and O–H groups in total. The number of carbonyl (C=O) groups is 3. The lowest BCUT2D eigenvalue weighted by molar-refractivity contribution is -0.165. The van der Waals surface area contributed by atoms with Gasteiger partial charge in [0, 0.05) is 6.04 Å². The number of aliphatic hydroxyl groups is 2. The molecule has 4 unspecified atom stereocenters. The van der Waals surface area contributed by atoms with Gasteiger partial charge in [-0.1, -0.05) is 61.5 Å². The van der Waals surface area contributed by atoms with Crippen LogP contribution in [0.4, 0.5) is 0 Å². The standard InChI is InChI=1S/C18H21NO2.C4H6O6/c1-13(18(20)21)11-17(19)12-14-7-9-16(10-8-14)15-5-3-2-4-6-15;5-1(3(7)8)2(6)4(9)10/h2-10,13,17H,11-12,19H2,1H3,(H,20,21);1-2,5-6H,(H,7,8)(H,9,10). The molecule has 0 aliphatic carbocycles. The Hall–Kier alpha value is -3.27. The van der Waals surface area contributed by atoms with Crippen molar-refractivity contribution < 1.29 is 39.9 Å². The lowest BCUT2D eigenvalue weighted by Crippen LogP contribution is -2.39. The molecule has 4 atom stereocenters. The van der Waals surface area contributed by atoms with E-state index in [-0.39, 0.29) is 6.04 Å². The number of carboxylic acids is 3. The Morgan fingerprint density at radius 3 is 1.65 bits per heavy atom. The zero-order valence-electron chi connectivity index (χ0n) is 17.0. The van der Waals surface area contributed by atoms with E-state index in [2.05, 4.69) is 36.4 Å². The lowest BCUT2D eigenvalue weighted by Gasteiger charge is -2.14. The van der Waals surface area contributed by atoms with E-state index < -0.39 is 36.0 Å². The van der Waals surface area contributed by atoms with Crippen molar-refractivity contribution in [1.29, 1.82) is 0 Å². The summed E-state index contributed by atoms with van der Waals surface area (Å²) in [6, 6.07) is 18.4. The molecule has 0 saturated heterocycles. The summed E-state index contributed by atoms with van der Waals surface area (Å²) in [5, 5.41) is 41.4. The van der Waals surface area contributed by atoms with Crippen LogP contribution in [0.1, 0.15) is 18.9 Å². The molecule has 9 heteroatoms. The molecule has 0 aliphatic rings. The molecule has 0 aliphatic heterocycles. The number of aliphatic carboxylic acids is 3. The van der Waals surface area contributed by atoms with Crippen LogP contribution in [0, 0.1) is 5.92 Å². The van der Waals surface area contributed by atoms with Crippen LogP contribution in [0.5, 0.6) is 0 Å². The van der Waals surface area contributed by atoms with E-state index in [0.717, 1.165) is 5.56 Å². The summed E-state index contributed by atoms with van der Waals surface area (Å²) in [5.74, 6) is -4.72. The Morgan fingerprint density at radius 1 is 0.774 bits per heavy atom. The van der Waals surface area contributed by atoms with Gasteiger partial charge in [-0.05, 0) is 29.5 Å². The Kier molecular flexibility index (Phi) is 10.3. The largest absolute Gasteiger partial charge is 0.481 e. The fourth-order valence-corrected chi connectivity index (χ4v) is 2.68. The van der Waals surface area contributed by atoms with Gasteiger partial charge in [0.05, 0.1) is 5.92 Å². The third-order valence-electron chi connectivity index (χ3n) is 4.44. The molecule has 2 aromatic carbocycles. The molecule has 2 aromatic rings. The van der Waals surface area contributed by atoms with Crippen LogP contribution in [0.15, 0.2) is 54.6 Å². The summed E-state index contributed by atoms with van der Waals surface area (Å²) in [5.41, 5.74) is 9.53. The van der Waals surface area contributed by atoms with Crippen LogP contribution < -0.4 is 5.73 Å². The summed E-state index contributed by atoms with van der Waals surface area (Å²) in [6.07, 6.45) is -3.34. The second kappa shape index (κ2) is 12.4. The third kappa shape index (κ3) is 8.95. The van der Waals surface area contributed by atoms with Gasteiger partial charge in [0.25, 0.3) is 0 Å². The van der Waals surface area contributed by atoms with Gasteiger partial charge < -0.3 is 31.3 Å². The molecule has 31 heavy (non-hydrogen) atoms. The van der Waals surface area contributed by atoms with Crippen LogP contribution in [-0.4, -0.2) is 61.7 Å². The topological polar surface area (TPSA) is 178 Å². The highest BCUT2D eigenvalue weighted by atomic mass is 16.4. The van der Waals surface area contributed by atoms with E-state index in [0.29, 0.717) is 12.8 Å². The first-order valence-corrected chi connectivity index (χ1v) is 9.47. The van der Waals surface area contributed by atoms with Gasteiger partial charge in [0.2, 0.25) is 0 Å². The highest BCUT2D eigenvalue weighted by Crippen LogP contribution is 2.20. The van der Waals surface area contributed by atoms with Crippen molar-refractivity contribution in [1.82, 2.24) is 0 Å². The average Bonchev–Trinajstić information content (AvgIpc) is 2.74. The summed E-state index contributed by atoms with van der Waals surface area (Å²) in [6.45, 7) is 1.70.